The minimum absolute atomic E-state index is 0.224. The van der Waals surface area contributed by atoms with Crippen LogP contribution in [0.4, 0.5) is 5.82 Å². The molecule has 0 aliphatic rings. The van der Waals surface area contributed by atoms with Crippen molar-refractivity contribution < 1.29 is 0 Å². The van der Waals surface area contributed by atoms with Crippen LogP contribution in [0.15, 0.2) is 30.9 Å². The van der Waals surface area contributed by atoms with E-state index in [9.17, 15) is 0 Å². The van der Waals surface area contributed by atoms with Gasteiger partial charge in [0.25, 0.3) is 0 Å². The van der Waals surface area contributed by atoms with Gasteiger partial charge in [0.2, 0.25) is 0 Å². The van der Waals surface area contributed by atoms with Crippen LogP contribution in [-0.4, -0.2) is 4.98 Å². The summed E-state index contributed by atoms with van der Waals surface area (Å²) in [6.45, 7) is 3.56. The van der Waals surface area contributed by atoms with Crippen LogP contribution in [0.2, 0.25) is 0 Å². The number of pyridine rings is 1. The SMILES string of the molecule is C=C[C@@H](N)c1cccc(N)n1. The van der Waals surface area contributed by atoms with Crippen molar-refractivity contribution in [1.29, 1.82) is 0 Å². The monoisotopic (exact) mass is 149 g/mol. The second kappa shape index (κ2) is 3.16. The fourth-order valence-electron chi connectivity index (χ4n) is 0.775. The normalized spacial score (nSPS) is 12.5. The standard InChI is InChI=1S/C8H11N3/c1-2-6(9)7-4-3-5-8(10)11-7/h2-6H,1,9H2,(H2,10,11)/t6-/m1/s1. The zero-order valence-electron chi connectivity index (χ0n) is 6.20. The number of nitrogens with two attached hydrogens (primary N) is 2. The average Bonchev–Trinajstić information content (AvgIpc) is 2.03. The van der Waals surface area contributed by atoms with Gasteiger partial charge < -0.3 is 11.5 Å². The van der Waals surface area contributed by atoms with Crippen LogP contribution >= 0.6 is 0 Å². The highest BCUT2D eigenvalue weighted by Gasteiger charge is 2.00. The van der Waals surface area contributed by atoms with Crippen molar-refractivity contribution in [2.45, 2.75) is 6.04 Å². The topological polar surface area (TPSA) is 64.9 Å². The summed E-state index contributed by atoms with van der Waals surface area (Å²) >= 11 is 0. The Hall–Kier alpha value is -1.35. The van der Waals surface area contributed by atoms with E-state index in [0.29, 0.717) is 5.82 Å². The second-order valence-electron chi connectivity index (χ2n) is 2.25. The van der Waals surface area contributed by atoms with E-state index < -0.39 is 0 Å². The fraction of sp³-hybridized carbons (Fsp3) is 0.125. The molecule has 1 rings (SSSR count). The number of rotatable bonds is 2. The molecule has 0 aliphatic carbocycles. The molecule has 4 N–H and O–H groups in total. The first-order valence-electron chi connectivity index (χ1n) is 3.34. The predicted octanol–water partition coefficient (Wildman–Crippen LogP) is 0.850. The van der Waals surface area contributed by atoms with Crippen LogP contribution in [0, 0.1) is 0 Å². The van der Waals surface area contributed by atoms with E-state index in [1.807, 2.05) is 12.1 Å². The molecular formula is C8H11N3. The molecule has 0 bridgehead atoms. The number of anilines is 1. The lowest BCUT2D eigenvalue weighted by Crippen LogP contribution is -2.09. The molecule has 0 aromatic carbocycles. The molecule has 3 nitrogen and oxygen atoms in total. The lowest BCUT2D eigenvalue weighted by Gasteiger charge is -2.04. The van der Waals surface area contributed by atoms with Crippen molar-refractivity contribution in [3.05, 3.63) is 36.5 Å². The minimum Gasteiger partial charge on any atom is -0.384 e. The third-order valence-corrected chi connectivity index (χ3v) is 1.39. The molecule has 58 valence electrons. The van der Waals surface area contributed by atoms with Gasteiger partial charge in [0.1, 0.15) is 5.82 Å². The summed E-state index contributed by atoms with van der Waals surface area (Å²) in [5.41, 5.74) is 11.8. The van der Waals surface area contributed by atoms with Gasteiger partial charge in [-0.25, -0.2) is 4.98 Å². The van der Waals surface area contributed by atoms with Gasteiger partial charge in [0, 0.05) is 0 Å². The average molecular weight is 149 g/mol. The molecule has 0 aliphatic heterocycles. The van der Waals surface area contributed by atoms with Crippen LogP contribution in [0.5, 0.6) is 0 Å². The van der Waals surface area contributed by atoms with E-state index in [0.717, 1.165) is 5.69 Å². The summed E-state index contributed by atoms with van der Waals surface area (Å²) < 4.78 is 0. The Kier molecular flexibility index (Phi) is 2.23. The summed E-state index contributed by atoms with van der Waals surface area (Å²) in [7, 11) is 0. The molecule has 0 radical (unpaired) electrons. The minimum atomic E-state index is -0.224. The summed E-state index contributed by atoms with van der Waals surface area (Å²) in [4.78, 5) is 4.03. The van der Waals surface area contributed by atoms with Crippen LogP contribution in [0.25, 0.3) is 0 Å². The Bertz CT molecular complexity index is 257. The second-order valence-corrected chi connectivity index (χ2v) is 2.25. The van der Waals surface area contributed by atoms with Crippen LogP contribution in [0.3, 0.4) is 0 Å². The number of nitrogens with zero attached hydrogens (tertiary/aromatic N) is 1. The van der Waals surface area contributed by atoms with Gasteiger partial charge in [-0.15, -0.1) is 6.58 Å². The van der Waals surface area contributed by atoms with Crippen molar-refractivity contribution in [1.82, 2.24) is 4.98 Å². The highest BCUT2D eigenvalue weighted by atomic mass is 14.9. The summed E-state index contributed by atoms with van der Waals surface area (Å²) in [5, 5.41) is 0. The van der Waals surface area contributed by atoms with Crippen molar-refractivity contribution in [3.63, 3.8) is 0 Å². The van der Waals surface area contributed by atoms with Crippen LogP contribution in [0.1, 0.15) is 11.7 Å². The number of aromatic nitrogens is 1. The Labute approximate surface area is 65.7 Å². The highest BCUT2D eigenvalue weighted by molar-refractivity contribution is 5.30. The zero-order chi connectivity index (χ0) is 8.27. The van der Waals surface area contributed by atoms with Gasteiger partial charge in [-0.2, -0.15) is 0 Å². The maximum absolute atomic E-state index is 5.63. The molecule has 0 amide bonds. The Morgan fingerprint density at radius 3 is 2.82 bits per heavy atom. The smallest absolute Gasteiger partial charge is 0.123 e. The Balaban J connectivity index is 2.95. The van der Waals surface area contributed by atoms with Crippen LogP contribution < -0.4 is 11.5 Å². The van der Waals surface area contributed by atoms with Gasteiger partial charge in [-0.05, 0) is 12.1 Å². The molecule has 1 aromatic rings. The van der Waals surface area contributed by atoms with Gasteiger partial charge in [0.15, 0.2) is 0 Å². The molecule has 0 unspecified atom stereocenters. The number of nitrogen functional groups attached to an aromatic ring is 1. The summed E-state index contributed by atoms with van der Waals surface area (Å²) in [6, 6.07) is 5.14. The first-order chi connectivity index (χ1) is 5.24. The van der Waals surface area contributed by atoms with Crippen molar-refractivity contribution >= 4 is 5.82 Å². The number of hydrogen-bond donors (Lipinski definition) is 2. The molecule has 0 fully saturated rings. The maximum atomic E-state index is 5.63. The largest absolute Gasteiger partial charge is 0.384 e. The fourth-order valence-corrected chi connectivity index (χ4v) is 0.775. The third kappa shape index (κ3) is 1.78. The summed E-state index contributed by atoms with van der Waals surface area (Å²) in [6.07, 6.45) is 1.63. The quantitative estimate of drug-likeness (QED) is 0.612. The first-order valence-corrected chi connectivity index (χ1v) is 3.34. The van der Waals surface area contributed by atoms with E-state index in [-0.39, 0.29) is 6.04 Å². The molecule has 3 heteroatoms. The maximum Gasteiger partial charge on any atom is 0.123 e. The highest BCUT2D eigenvalue weighted by Crippen LogP contribution is 2.08. The molecule has 0 spiro atoms. The molecule has 1 heterocycles. The molecule has 11 heavy (non-hydrogen) atoms. The molecular weight excluding hydrogens is 138 g/mol. The van der Waals surface area contributed by atoms with Crippen molar-refractivity contribution in [3.8, 4) is 0 Å². The Morgan fingerprint density at radius 1 is 1.55 bits per heavy atom. The van der Waals surface area contributed by atoms with E-state index in [1.165, 1.54) is 0 Å². The van der Waals surface area contributed by atoms with Gasteiger partial charge in [-0.1, -0.05) is 12.1 Å². The van der Waals surface area contributed by atoms with E-state index in [1.54, 1.807) is 12.1 Å². The molecule has 0 saturated carbocycles. The third-order valence-electron chi connectivity index (χ3n) is 1.39. The van der Waals surface area contributed by atoms with Gasteiger partial charge >= 0.3 is 0 Å². The first kappa shape index (κ1) is 7.75. The predicted molar refractivity (Wildman–Crippen MR) is 45.8 cm³/mol. The molecule has 1 atom stereocenters. The van der Waals surface area contributed by atoms with Gasteiger partial charge in [-0.3, -0.25) is 0 Å². The summed E-state index contributed by atoms with van der Waals surface area (Å²) in [5.74, 6) is 0.486. The van der Waals surface area contributed by atoms with Gasteiger partial charge in [0.05, 0.1) is 11.7 Å². The van der Waals surface area contributed by atoms with E-state index in [2.05, 4.69) is 11.6 Å². The number of hydrogen-bond acceptors (Lipinski definition) is 3. The van der Waals surface area contributed by atoms with Crippen molar-refractivity contribution in [2.24, 2.45) is 5.73 Å². The lowest BCUT2D eigenvalue weighted by atomic mass is 10.2. The molecule has 1 aromatic heterocycles. The Morgan fingerprint density at radius 2 is 2.27 bits per heavy atom. The van der Waals surface area contributed by atoms with Crippen LogP contribution in [-0.2, 0) is 0 Å². The van der Waals surface area contributed by atoms with E-state index in [4.69, 9.17) is 11.5 Å². The molecule has 0 saturated heterocycles. The lowest BCUT2D eigenvalue weighted by molar-refractivity contribution is 0.867. The zero-order valence-corrected chi connectivity index (χ0v) is 6.20. The van der Waals surface area contributed by atoms with E-state index >= 15 is 0 Å². The van der Waals surface area contributed by atoms with Crippen molar-refractivity contribution in [2.75, 3.05) is 5.73 Å².